The van der Waals surface area contributed by atoms with Crippen molar-refractivity contribution in [1.29, 1.82) is 0 Å². The van der Waals surface area contributed by atoms with Crippen molar-refractivity contribution in [3.8, 4) is 0 Å². The molecule has 0 spiro atoms. The second-order valence-electron chi connectivity index (χ2n) is 3.41. The largest absolute Gasteiger partial charge is 0.480 e. The number of aromatic nitrogens is 2. The minimum atomic E-state index is -5.04. The van der Waals surface area contributed by atoms with Gasteiger partial charge in [-0.1, -0.05) is 0 Å². The molecule has 0 aliphatic heterocycles. The molecule has 0 aromatic carbocycles. The van der Waals surface area contributed by atoms with Crippen molar-refractivity contribution in [2.24, 2.45) is 12.8 Å². The Labute approximate surface area is 88.7 Å². The molecule has 1 atom stereocenters. The average Bonchev–Trinajstić information content (AvgIpc) is 2.49. The zero-order chi connectivity index (χ0) is 12.6. The van der Waals surface area contributed by atoms with Crippen LogP contribution < -0.4 is 5.73 Å². The van der Waals surface area contributed by atoms with E-state index in [-0.39, 0.29) is 5.82 Å². The molecule has 0 radical (unpaired) electrons. The maximum atomic E-state index is 12.5. The molecule has 8 heteroatoms. The van der Waals surface area contributed by atoms with Crippen LogP contribution in [0.4, 0.5) is 13.2 Å². The third-order valence-corrected chi connectivity index (χ3v) is 2.25. The van der Waals surface area contributed by atoms with Gasteiger partial charge in [0.05, 0.1) is 0 Å². The molecule has 1 rings (SSSR count). The van der Waals surface area contributed by atoms with E-state index in [2.05, 4.69) is 4.98 Å². The van der Waals surface area contributed by atoms with Crippen LogP contribution in [0.3, 0.4) is 0 Å². The normalized spacial score (nSPS) is 15.8. The van der Waals surface area contributed by atoms with Gasteiger partial charge in [-0.25, -0.2) is 9.78 Å². The maximum absolute atomic E-state index is 12.5. The van der Waals surface area contributed by atoms with E-state index in [4.69, 9.17) is 10.8 Å². The highest BCUT2D eigenvalue weighted by Crippen LogP contribution is 2.31. The van der Waals surface area contributed by atoms with E-state index in [9.17, 15) is 18.0 Å². The van der Waals surface area contributed by atoms with Gasteiger partial charge in [-0.05, 0) is 0 Å². The lowest BCUT2D eigenvalue weighted by atomic mass is 9.95. The van der Waals surface area contributed by atoms with Crippen LogP contribution in [0.25, 0.3) is 0 Å². The van der Waals surface area contributed by atoms with E-state index in [1.54, 1.807) is 0 Å². The van der Waals surface area contributed by atoms with E-state index in [0.717, 1.165) is 0 Å². The van der Waals surface area contributed by atoms with E-state index >= 15 is 0 Å². The van der Waals surface area contributed by atoms with Gasteiger partial charge in [0.15, 0.2) is 0 Å². The van der Waals surface area contributed by atoms with Crippen LogP contribution in [-0.4, -0.2) is 32.3 Å². The molecular formula is C8H10F3N3O2. The number of imidazole rings is 1. The number of carboxylic acids is 1. The molecule has 1 heterocycles. The smallest absolute Gasteiger partial charge is 0.417 e. The van der Waals surface area contributed by atoms with Crippen molar-refractivity contribution in [2.45, 2.75) is 18.1 Å². The highest BCUT2D eigenvalue weighted by Gasteiger charge is 2.58. The van der Waals surface area contributed by atoms with Gasteiger partial charge in [0, 0.05) is 25.9 Å². The average molecular weight is 237 g/mol. The summed E-state index contributed by atoms with van der Waals surface area (Å²) >= 11 is 0. The molecule has 0 fully saturated rings. The Balaban J connectivity index is 3.07. The second kappa shape index (κ2) is 3.78. The number of nitrogens with two attached hydrogens (primary N) is 1. The summed E-state index contributed by atoms with van der Waals surface area (Å²) in [4.78, 5) is 14.2. The summed E-state index contributed by atoms with van der Waals surface area (Å²) in [6.45, 7) is 0. The van der Waals surface area contributed by atoms with E-state index in [0.29, 0.717) is 0 Å². The Morgan fingerprint density at radius 3 is 2.50 bits per heavy atom. The summed E-state index contributed by atoms with van der Waals surface area (Å²) in [5.74, 6) is -2.16. The minimum absolute atomic E-state index is 0.0396. The maximum Gasteiger partial charge on any atom is 0.417 e. The predicted octanol–water partition coefficient (Wildman–Crippen LogP) is 0.307. The zero-order valence-electron chi connectivity index (χ0n) is 8.32. The Bertz CT molecular complexity index is 401. The molecule has 0 saturated carbocycles. The van der Waals surface area contributed by atoms with Crippen LogP contribution in [0.15, 0.2) is 12.4 Å². The van der Waals surface area contributed by atoms with Crippen LogP contribution in [-0.2, 0) is 18.3 Å². The number of alkyl halides is 3. The lowest BCUT2D eigenvalue weighted by molar-refractivity contribution is -0.202. The third-order valence-electron chi connectivity index (χ3n) is 2.25. The quantitative estimate of drug-likeness (QED) is 0.792. The summed E-state index contributed by atoms with van der Waals surface area (Å²) < 4.78 is 38.9. The van der Waals surface area contributed by atoms with Gasteiger partial charge in [0.25, 0.3) is 0 Å². The Morgan fingerprint density at radius 2 is 2.19 bits per heavy atom. The standard InChI is InChI=1S/C8H10F3N3O2/c1-14-3-2-13-5(14)4-7(12,6(15)16)8(9,10)11/h2-3H,4,12H2,1H3,(H,15,16). The second-order valence-corrected chi connectivity index (χ2v) is 3.41. The molecule has 16 heavy (non-hydrogen) atoms. The fourth-order valence-electron chi connectivity index (χ4n) is 1.11. The first-order chi connectivity index (χ1) is 7.18. The fraction of sp³-hybridized carbons (Fsp3) is 0.500. The van der Waals surface area contributed by atoms with Crippen molar-refractivity contribution in [3.05, 3.63) is 18.2 Å². The lowest BCUT2D eigenvalue weighted by Gasteiger charge is -2.26. The SMILES string of the molecule is Cn1ccnc1CC(N)(C(=O)O)C(F)(F)F. The van der Waals surface area contributed by atoms with Crippen LogP contribution >= 0.6 is 0 Å². The fourth-order valence-corrected chi connectivity index (χ4v) is 1.11. The molecule has 1 aromatic heterocycles. The molecule has 0 bridgehead atoms. The number of nitrogens with zero attached hydrogens (tertiary/aromatic N) is 2. The number of hydrogen-bond donors (Lipinski definition) is 2. The molecule has 0 saturated heterocycles. The van der Waals surface area contributed by atoms with Gasteiger partial charge >= 0.3 is 12.1 Å². The molecule has 1 aromatic rings. The molecule has 5 nitrogen and oxygen atoms in total. The highest BCUT2D eigenvalue weighted by atomic mass is 19.4. The minimum Gasteiger partial charge on any atom is -0.480 e. The van der Waals surface area contributed by atoms with Crippen molar-refractivity contribution in [2.75, 3.05) is 0 Å². The number of hydrogen-bond acceptors (Lipinski definition) is 3. The van der Waals surface area contributed by atoms with Gasteiger partial charge in [0.2, 0.25) is 5.54 Å². The van der Waals surface area contributed by atoms with Crippen molar-refractivity contribution >= 4 is 5.97 Å². The molecule has 3 N–H and O–H groups in total. The van der Waals surface area contributed by atoms with Crippen molar-refractivity contribution in [3.63, 3.8) is 0 Å². The van der Waals surface area contributed by atoms with Gasteiger partial charge in [-0.2, -0.15) is 13.2 Å². The van der Waals surface area contributed by atoms with Gasteiger partial charge < -0.3 is 15.4 Å². The molecule has 0 aliphatic rings. The topological polar surface area (TPSA) is 81.1 Å². The van der Waals surface area contributed by atoms with E-state index in [1.807, 2.05) is 0 Å². The predicted molar refractivity (Wildman–Crippen MR) is 47.5 cm³/mol. The Kier molecular flexibility index (Phi) is 2.95. The van der Waals surface area contributed by atoms with Crippen LogP contribution in [0.2, 0.25) is 0 Å². The van der Waals surface area contributed by atoms with Crippen molar-refractivity contribution < 1.29 is 23.1 Å². The number of aryl methyl sites for hydroxylation is 1. The summed E-state index contributed by atoms with van der Waals surface area (Å²) in [7, 11) is 1.46. The summed E-state index contributed by atoms with van der Waals surface area (Å²) in [5, 5.41) is 8.58. The monoisotopic (exact) mass is 237 g/mol. The molecular weight excluding hydrogens is 227 g/mol. The number of rotatable bonds is 3. The number of carbonyl (C=O) groups is 1. The van der Waals surface area contributed by atoms with E-state index in [1.165, 1.54) is 24.0 Å². The lowest BCUT2D eigenvalue weighted by Crippen LogP contribution is -2.61. The molecule has 1 unspecified atom stereocenters. The van der Waals surface area contributed by atoms with Gasteiger partial charge in [-0.3, -0.25) is 0 Å². The van der Waals surface area contributed by atoms with Crippen molar-refractivity contribution in [1.82, 2.24) is 9.55 Å². The number of aliphatic carboxylic acids is 1. The molecule has 90 valence electrons. The number of halogens is 3. The first-order valence-electron chi connectivity index (χ1n) is 4.23. The summed E-state index contributed by atoms with van der Waals surface area (Å²) in [5.41, 5.74) is 1.59. The Morgan fingerprint density at radius 1 is 1.62 bits per heavy atom. The summed E-state index contributed by atoms with van der Waals surface area (Å²) in [6, 6.07) is 0. The molecule has 0 aliphatic carbocycles. The summed E-state index contributed by atoms with van der Waals surface area (Å²) in [6.07, 6.45) is -3.26. The third kappa shape index (κ3) is 2.01. The number of carboxylic acid groups (broad SMARTS) is 1. The Hall–Kier alpha value is -1.57. The van der Waals surface area contributed by atoms with Crippen LogP contribution in [0.5, 0.6) is 0 Å². The first kappa shape index (κ1) is 12.5. The first-order valence-corrected chi connectivity index (χ1v) is 4.23. The van der Waals surface area contributed by atoms with Gasteiger partial charge in [-0.15, -0.1) is 0 Å². The molecule has 0 amide bonds. The highest BCUT2D eigenvalue weighted by molar-refractivity contribution is 5.80. The van der Waals surface area contributed by atoms with E-state index < -0.39 is 24.1 Å². The van der Waals surface area contributed by atoms with Crippen LogP contribution in [0.1, 0.15) is 5.82 Å². The van der Waals surface area contributed by atoms with Gasteiger partial charge in [0.1, 0.15) is 5.82 Å². The van der Waals surface area contributed by atoms with Crippen LogP contribution in [0, 0.1) is 0 Å². The zero-order valence-corrected chi connectivity index (χ0v) is 8.32.